The average molecular weight is 324 g/mol. The molecule has 1 aromatic rings. The number of carbonyl (C=O) groups is 1. The number of nitrogens with one attached hydrogen (secondary N) is 1. The summed E-state index contributed by atoms with van der Waals surface area (Å²) in [7, 11) is 0. The second-order valence-corrected chi connectivity index (χ2v) is 5.02. The third-order valence-electron chi connectivity index (χ3n) is 2.59. The number of nitrogen functional groups attached to an aromatic ring is 1. The zero-order chi connectivity index (χ0) is 16.0. The molecule has 0 atom stereocenters. The highest BCUT2D eigenvalue weighted by molar-refractivity contribution is 6.33. The smallest absolute Gasteiger partial charge is 0.397 e. The van der Waals surface area contributed by atoms with Crippen LogP contribution in [0.1, 0.15) is 13.3 Å². The summed E-state index contributed by atoms with van der Waals surface area (Å²) in [6.45, 7) is 0.490. The van der Waals surface area contributed by atoms with E-state index in [0.717, 1.165) is 4.90 Å². The van der Waals surface area contributed by atoms with E-state index in [0.29, 0.717) is 17.1 Å². The fourth-order valence-corrected chi connectivity index (χ4v) is 1.93. The van der Waals surface area contributed by atoms with Crippen LogP contribution in [0.5, 0.6) is 0 Å². The van der Waals surface area contributed by atoms with E-state index in [1.807, 2.05) is 0 Å². The molecule has 0 spiro atoms. The SMILES string of the molecule is CCCN(CC(=O)Nc1ccc(Cl)c(N)c1)CC(F)(F)F. The maximum Gasteiger partial charge on any atom is 0.401 e. The van der Waals surface area contributed by atoms with Gasteiger partial charge < -0.3 is 11.1 Å². The van der Waals surface area contributed by atoms with Crippen LogP contribution in [0.25, 0.3) is 0 Å². The molecule has 118 valence electrons. The first-order valence-corrected chi connectivity index (χ1v) is 6.73. The molecular weight excluding hydrogens is 307 g/mol. The number of nitrogens with zero attached hydrogens (tertiary/aromatic N) is 1. The number of hydrogen-bond acceptors (Lipinski definition) is 3. The van der Waals surface area contributed by atoms with Crippen LogP contribution in [0.3, 0.4) is 0 Å². The molecule has 1 rings (SSSR count). The van der Waals surface area contributed by atoms with Gasteiger partial charge in [0, 0.05) is 5.69 Å². The molecule has 0 radical (unpaired) electrons. The van der Waals surface area contributed by atoms with Gasteiger partial charge in [-0.2, -0.15) is 13.2 Å². The van der Waals surface area contributed by atoms with Crippen LogP contribution in [-0.2, 0) is 4.79 Å². The monoisotopic (exact) mass is 323 g/mol. The molecule has 0 fully saturated rings. The molecule has 4 nitrogen and oxygen atoms in total. The summed E-state index contributed by atoms with van der Waals surface area (Å²) in [5.74, 6) is -0.533. The van der Waals surface area contributed by atoms with Crippen molar-refractivity contribution in [3.63, 3.8) is 0 Å². The molecule has 0 bridgehead atoms. The number of anilines is 2. The van der Waals surface area contributed by atoms with Crippen molar-refractivity contribution in [3.8, 4) is 0 Å². The highest BCUT2D eigenvalue weighted by Crippen LogP contribution is 2.22. The van der Waals surface area contributed by atoms with Crippen LogP contribution in [0.2, 0.25) is 5.02 Å². The molecule has 0 aliphatic carbocycles. The highest BCUT2D eigenvalue weighted by atomic mass is 35.5. The van der Waals surface area contributed by atoms with E-state index in [4.69, 9.17) is 17.3 Å². The van der Waals surface area contributed by atoms with Crippen molar-refractivity contribution in [2.24, 2.45) is 0 Å². The number of amides is 1. The fraction of sp³-hybridized carbons (Fsp3) is 0.462. The summed E-state index contributed by atoms with van der Waals surface area (Å²) >= 11 is 5.74. The van der Waals surface area contributed by atoms with Gasteiger partial charge in [-0.25, -0.2) is 0 Å². The third kappa shape index (κ3) is 6.68. The zero-order valence-corrected chi connectivity index (χ0v) is 12.3. The van der Waals surface area contributed by atoms with E-state index in [-0.39, 0.29) is 18.8 Å². The van der Waals surface area contributed by atoms with Gasteiger partial charge in [0.15, 0.2) is 0 Å². The van der Waals surface area contributed by atoms with Crippen molar-refractivity contribution in [1.82, 2.24) is 4.90 Å². The number of nitrogens with two attached hydrogens (primary N) is 1. The Balaban J connectivity index is 2.62. The summed E-state index contributed by atoms with van der Waals surface area (Å²) in [5.41, 5.74) is 6.27. The number of rotatable bonds is 6. The van der Waals surface area contributed by atoms with Gasteiger partial charge in [0.05, 0.1) is 23.8 Å². The molecule has 0 aliphatic rings. The molecule has 1 aromatic carbocycles. The van der Waals surface area contributed by atoms with Gasteiger partial charge in [0.2, 0.25) is 5.91 Å². The van der Waals surface area contributed by atoms with Gasteiger partial charge in [-0.15, -0.1) is 0 Å². The van der Waals surface area contributed by atoms with Gasteiger partial charge >= 0.3 is 6.18 Å². The van der Waals surface area contributed by atoms with E-state index >= 15 is 0 Å². The predicted octanol–water partition coefficient (Wildman–Crippen LogP) is 3.14. The molecule has 1 amide bonds. The number of benzene rings is 1. The lowest BCUT2D eigenvalue weighted by atomic mass is 10.2. The summed E-state index contributed by atoms with van der Waals surface area (Å²) < 4.78 is 37.2. The van der Waals surface area contributed by atoms with Crippen molar-refractivity contribution in [2.75, 3.05) is 30.7 Å². The molecule has 0 aromatic heterocycles. The number of halogens is 4. The van der Waals surface area contributed by atoms with Crippen LogP contribution >= 0.6 is 11.6 Å². The van der Waals surface area contributed by atoms with Gasteiger partial charge in [-0.1, -0.05) is 18.5 Å². The first kappa shape index (κ1) is 17.6. The Labute approximate surface area is 126 Å². The minimum absolute atomic E-state index is 0.190. The summed E-state index contributed by atoms with van der Waals surface area (Å²) in [6, 6.07) is 4.49. The number of carbonyl (C=O) groups excluding carboxylic acids is 1. The molecule has 0 saturated carbocycles. The molecule has 0 saturated heterocycles. The molecule has 3 N–H and O–H groups in total. The van der Waals surface area contributed by atoms with E-state index < -0.39 is 18.6 Å². The Morgan fingerprint density at radius 1 is 1.43 bits per heavy atom. The number of alkyl halides is 3. The Morgan fingerprint density at radius 3 is 2.62 bits per heavy atom. The minimum Gasteiger partial charge on any atom is -0.397 e. The molecule has 8 heteroatoms. The van der Waals surface area contributed by atoms with Gasteiger partial charge in [-0.3, -0.25) is 9.69 Å². The topological polar surface area (TPSA) is 58.4 Å². The van der Waals surface area contributed by atoms with E-state index in [9.17, 15) is 18.0 Å². The third-order valence-corrected chi connectivity index (χ3v) is 2.93. The van der Waals surface area contributed by atoms with Crippen molar-refractivity contribution < 1.29 is 18.0 Å². The standard InChI is InChI=1S/C13H17ClF3N3O/c1-2-5-20(8-13(15,16)17)7-12(21)19-9-3-4-10(14)11(18)6-9/h3-4,6H,2,5,7-8,18H2,1H3,(H,19,21). The first-order valence-electron chi connectivity index (χ1n) is 6.35. The van der Waals surface area contributed by atoms with Crippen LogP contribution < -0.4 is 11.1 Å². The molecular formula is C13H17ClF3N3O. The molecule has 21 heavy (non-hydrogen) atoms. The van der Waals surface area contributed by atoms with E-state index in [2.05, 4.69) is 5.32 Å². The van der Waals surface area contributed by atoms with Crippen LogP contribution in [0, 0.1) is 0 Å². The molecule has 0 heterocycles. The van der Waals surface area contributed by atoms with Crippen molar-refractivity contribution >= 4 is 28.9 Å². The Bertz CT molecular complexity index is 494. The minimum atomic E-state index is -4.33. The van der Waals surface area contributed by atoms with E-state index in [1.165, 1.54) is 18.2 Å². The summed E-state index contributed by atoms with van der Waals surface area (Å²) in [6.07, 6.45) is -3.81. The molecule has 0 aliphatic heterocycles. The normalized spacial score (nSPS) is 11.7. The van der Waals surface area contributed by atoms with Crippen molar-refractivity contribution in [2.45, 2.75) is 19.5 Å². The van der Waals surface area contributed by atoms with Crippen LogP contribution in [-0.4, -0.2) is 36.6 Å². The second kappa shape index (κ2) is 7.51. The lowest BCUT2D eigenvalue weighted by Crippen LogP contribution is -2.40. The van der Waals surface area contributed by atoms with Crippen LogP contribution in [0.4, 0.5) is 24.5 Å². The summed E-state index contributed by atoms with van der Waals surface area (Å²) in [4.78, 5) is 12.8. The Hall–Kier alpha value is -1.47. The lowest BCUT2D eigenvalue weighted by molar-refractivity contribution is -0.147. The van der Waals surface area contributed by atoms with Gasteiger partial charge in [0.1, 0.15) is 0 Å². The largest absolute Gasteiger partial charge is 0.401 e. The predicted molar refractivity (Wildman–Crippen MR) is 77.3 cm³/mol. The Kier molecular flexibility index (Phi) is 6.29. The number of hydrogen-bond donors (Lipinski definition) is 2. The van der Waals surface area contributed by atoms with Crippen molar-refractivity contribution in [1.29, 1.82) is 0 Å². The van der Waals surface area contributed by atoms with Crippen LogP contribution in [0.15, 0.2) is 18.2 Å². The van der Waals surface area contributed by atoms with E-state index in [1.54, 1.807) is 6.92 Å². The maximum atomic E-state index is 12.4. The average Bonchev–Trinajstić information content (AvgIpc) is 2.32. The first-order chi connectivity index (χ1) is 9.71. The Morgan fingerprint density at radius 2 is 2.10 bits per heavy atom. The lowest BCUT2D eigenvalue weighted by Gasteiger charge is -2.22. The highest BCUT2D eigenvalue weighted by Gasteiger charge is 2.31. The molecule has 0 unspecified atom stereocenters. The quantitative estimate of drug-likeness (QED) is 0.791. The van der Waals surface area contributed by atoms with Gasteiger partial charge in [0.25, 0.3) is 0 Å². The second-order valence-electron chi connectivity index (χ2n) is 4.61. The fourth-order valence-electron chi connectivity index (χ4n) is 1.81. The van der Waals surface area contributed by atoms with Crippen molar-refractivity contribution in [3.05, 3.63) is 23.2 Å². The zero-order valence-electron chi connectivity index (χ0n) is 11.5. The maximum absolute atomic E-state index is 12.4. The van der Waals surface area contributed by atoms with Gasteiger partial charge in [-0.05, 0) is 31.2 Å². The summed E-state index contributed by atoms with van der Waals surface area (Å²) in [5, 5.41) is 2.84.